The van der Waals surface area contributed by atoms with Crippen molar-refractivity contribution in [1.29, 1.82) is 0 Å². The summed E-state index contributed by atoms with van der Waals surface area (Å²) in [5.41, 5.74) is 3.57. The van der Waals surface area contributed by atoms with Gasteiger partial charge in [0.15, 0.2) is 11.5 Å². The number of hydrogen-bond donors (Lipinski definition) is 3. The van der Waals surface area contributed by atoms with Crippen molar-refractivity contribution >= 4 is 10.8 Å². The van der Waals surface area contributed by atoms with Crippen LogP contribution in [0.5, 0.6) is 11.5 Å². The smallest absolute Gasteiger partial charge is 0.157 e. The van der Waals surface area contributed by atoms with Crippen molar-refractivity contribution in [2.24, 2.45) is 0 Å². The molecule has 0 radical (unpaired) electrons. The highest BCUT2D eigenvalue weighted by Crippen LogP contribution is 2.35. The fraction of sp³-hybridized carbons (Fsp3) is 0.238. The highest BCUT2D eigenvalue weighted by molar-refractivity contribution is 5.82. The lowest BCUT2D eigenvalue weighted by Crippen LogP contribution is -2.30. The van der Waals surface area contributed by atoms with Crippen molar-refractivity contribution in [2.45, 2.75) is 25.3 Å². The number of aromatic hydroxyl groups is 2. The zero-order valence-electron chi connectivity index (χ0n) is 13.5. The first-order valence-corrected chi connectivity index (χ1v) is 8.46. The standard InChI is InChI=1S/C21H21NO2/c23-20-12-17-9-10-22-19(18(17)13-21(20)24)8-6-14-5-7-15-3-1-2-4-16(15)11-14/h1-5,7,11-13,19,22-24H,6,8-10H2. The second-order valence-corrected chi connectivity index (χ2v) is 6.52. The van der Waals surface area contributed by atoms with Crippen LogP contribution < -0.4 is 5.32 Å². The van der Waals surface area contributed by atoms with Crippen LogP contribution in [-0.2, 0) is 12.8 Å². The lowest BCUT2D eigenvalue weighted by Gasteiger charge is -2.27. The van der Waals surface area contributed by atoms with Crippen molar-refractivity contribution in [3.8, 4) is 11.5 Å². The van der Waals surface area contributed by atoms with E-state index in [2.05, 4.69) is 47.8 Å². The Hall–Kier alpha value is -2.52. The summed E-state index contributed by atoms with van der Waals surface area (Å²) in [6.45, 7) is 0.902. The van der Waals surface area contributed by atoms with Gasteiger partial charge in [-0.2, -0.15) is 0 Å². The molecule has 122 valence electrons. The van der Waals surface area contributed by atoms with Crippen LogP contribution in [0.3, 0.4) is 0 Å². The van der Waals surface area contributed by atoms with Crippen molar-refractivity contribution in [1.82, 2.24) is 5.32 Å². The number of hydrogen-bond acceptors (Lipinski definition) is 3. The molecule has 0 fully saturated rings. The summed E-state index contributed by atoms with van der Waals surface area (Å²) in [6.07, 6.45) is 2.83. The summed E-state index contributed by atoms with van der Waals surface area (Å²) in [7, 11) is 0. The quantitative estimate of drug-likeness (QED) is 0.638. The summed E-state index contributed by atoms with van der Waals surface area (Å²) in [6, 6.07) is 18.7. The lowest BCUT2D eigenvalue weighted by atomic mass is 9.90. The molecule has 0 amide bonds. The fourth-order valence-corrected chi connectivity index (χ4v) is 3.63. The molecule has 3 N–H and O–H groups in total. The van der Waals surface area contributed by atoms with Gasteiger partial charge in [-0.1, -0.05) is 42.5 Å². The molecule has 3 aromatic rings. The van der Waals surface area contributed by atoms with Gasteiger partial charge < -0.3 is 15.5 Å². The first-order valence-electron chi connectivity index (χ1n) is 8.46. The Balaban J connectivity index is 1.55. The molecular formula is C21H21NO2. The van der Waals surface area contributed by atoms with Crippen LogP contribution in [0.25, 0.3) is 10.8 Å². The van der Waals surface area contributed by atoms with E-state index in [1.54, 1.807) is 12.1 Å². The Kier molecular flexibility index (Phi) is 3.87. The Labute approximate surface area is 141 Å². The second-order valence-electron chi connectivity index (χ2n) is 6.52. The van der Waals surface area contributed by atoms with Crippen LogP contribution in [0, 0.1) is 0 Å². The van der Waals surface area contributed by atoms with Gasteiger partial charge in [-0.05, 0) is 65.4 Å². The summed E-state index contributed by atoms with van der Waals surface area (Å²) < 4.78 is 0. The minimum absolute atomic E-state index is 0.0241. The molecule has 0 bridgehead atoms. The van der Waals surface area contributed by atoms with Gasteiger partial charge in [-0.25, -0.2) is 0 Å². The maximum atomic E-state index is 9.82. The van der Waals surface area contributed by atoms with Crippen LogP contribution in [0.4, 0.5) is 0 Å². The maximum Gasteiger partial charge on any atom is 0.157 e. The molecule has 3 heteroatoms. The van der Waals surface area contributed by atoms with Crippen molar-refractivity contribution in [3.05, 3.63) is 71.3 Å². The molecule has 1 aliphatic heterocycles. The Morgan fingerprint density at radius 1 is 0.917 bits per heavy atom. The van der Waals surface area contributed by atoms with Crippen LogP contribution in [-0.4, -0.2) is 16.8 Å². The molecule has 3 nitrogen and oxygen atoms in total. The Morgan fingerprint density at radius 3 is 2.58 bits per heavy atom. The van der Waals surface area contributed by atoms with Crippen molar-refractivity contribution in [2.75, 3.05) is 6.54 Å². The van der Waals surface area contributed by atoms with E-state index in [1.165, 1.54) is 16.3 Å². The van der Waals surface area contributed by atoms with E-state index in [-0.39, 0.29) is 17.5 Å². The highest BCUT2D eigenvalue weighted by Gasteiger charge is 2.21. The predicted molar refractivity (Wildman–Crippen MR) is 96.5 cm³/mol. The van der Waals surface area contributed by atoms with E-state index in [0.29, 0.717) is 0 Å². The third kappa shape index (κ3) is 2.83. The second kappa shape index (κ2) is 6.17. The number of phenolic OH excluding ortho intramolecular Hbond substituents is 2. The number of fused-ring (bicyclic) bond motifs is 2. The molecule has 0 aromatic heterocycles. The molecule has 0 aliphatic carbocycles. The van der Waals surface area contributed by atoms with Gasteiger partial charge in [0.05, 0.1) is 0 Å². The largest absolute Gasteiger partial charge is 0.504 e. The fourth-order valence-electron chi connectivity index (χ4n) is 3.63. The SMILES string of the molecule is Oc1cc2c(cc1O)C(CCc1ccc3ccccc3c1)NCC2. The number of benzene rings is 3. The van der Waals surface area contributed by atoms with Gasteiger partial charge in [-0.3, -0.25) is 0 Å². The topological polar surface area (TPSA) is 52.5 Å². The number of nitrogens with one attached hydrogen (secondary N) is 1. The molecular weight excluding hydrogens is 298 g/mol. The Morgan fingerprint density at radius 2 is 1.71 bits per heavy atom. The van der Waals surface area contributed by atoms with Crippen LogP contribution >= 0.6 is 0 Å². The highest BCUT2D eigenvalue weighted by atomic mass is 16.3. The van der Waals surface area contributed by atoms with Crippen LogP contribution in [0.2, 0.25) is 0 Å². The third-order valence-electron chi connectivity index (χ3n) is 4.93. The van der Waals surface area contributed by atoms with Crippen LogP contribution in [0.1, 0.15) is 29.2 Å². The van der Waals surface area contributed by atoms with E-state index in [9.17, 15) is 10.2 Å². The van der Waals surface area contributed by atoms with E-state index >= 15 is 0 Å². The molecule has 4 rings (SSSR count). The summed E-state index contributed by atoms with van der Waals surface area (Å²) in [5.74, 6) is -0.0583. The molecule has 24 heavy (non-hydrogen) atoms. The predicted octanol–water partition coefficient (Wildman–Crippen LogP) is 4.07. The molecule has 0 saturated carbocycles. The molecule has 1 heterocycles. The summed E-state index contributed by atoms with van der Waals surface area (Å²) >= 11 is 0. The molecule has 0 saturated heterocycles. The summed E-state index contributed by atoms with van der Waals surface area (Å²) in [5, 5.41) is 25.6. The first kappa shape index (κ1) is 15.0. The molecule has 1 unspecified atom stereocenters. The monoisotopic (exact) mass is 319 g/mol. The number of rotatable bonds is 3. The first-order chi connectivity index (χ1) is 11.7. The molecule has 1 aliphatic rings. The van der Waals surface area contributed by atoms with Gasteiger partial charge in [0.2, 0.25) is 0 Å². The van der Waals surface area contributed by atoms with E-state index in [1.807, 2.05) is 0 Å². The zero-order chi connectivity index (χ0) is 16.5. The van der Waals surface area contributed by atoms with Gasteiger partial charge in [-0.15, -0.1) is 0 Å². The average molecular weight is 319 g/mol. The minimum Gasteiger partial charge on any atom is -0.504 e. The Bertz CT molecular complexity index is 888. The lowest BCUT2D eigenvalue weighted by molar-refractivity contribution is 0.397. The number of phenols is 2. The third-order valence-corrected chi connectivity index (χ3v) is 4.93. The van der Waals surface area contributed by atoms with Crippen LogP contribution in [0.15, 0.2) is 54.6 Å². The summed E-state index contributed by atoms with van der Waals surface area (Å²) in [4.78, 5) is 0. The van der Waals surface area contributed by atoms with E-state index < -0.39 is 0 Å². The van der Waals surface area contributed by atoms with Gasteiger partial charge >= 0.3 is 0 Å². The number of aryl methyl sites for hydroxylation is 1. The zero-order valence-corrected chi connectivity index (χ0v) is 13.5. The maximum absolute atomic E-state index is 9.82. The van der Waals surface area contributed by atoms with E-state index in [0.717, 1.165) is 36.9 Å². The van der Waals surface area contributed by atoms with Crippen molar-refractivity contribution < 1.29 is 10.2 Å². The van der Waals surface area contributed by atoms with Gasteiger partial charge in [0, 0.05) is 6.04 Å². The van der Waals surface area contributed by atoms with E-state index in [4.69, 9.17) is 0 Å². The van der Waals surface area contributed by atoms with Gasteiger partial charge in [0.25, 0.3) is 0 Å². The molecule has 1 atom stereocenters. The minimum atomic E-state index is -0.0341. The molecule has 0 spiro atoms. The molecule has 3 aromatic carbocycles. The average Bonchev–Trinajstić information content (AvgIpc) is 2.61. The van der Waals surface area contributed by atoms with Gasteiger partial charge in [0.1, 0.15) is 0 Å². The van der Waals surface area contributed by atoms with Crippen molar-refractivity contribution in [3.63, 3.8) is 0 Å². The normalized spacial score (nSPS) is 16.9.